The Balaban J connectivity index is 2.38. The van der Waals surface area contributed by atoms with E-state index in [9.17, 15) is 9.59 Å². The molecule has 0 aromatic carbocycles. The highest BCUT2D eigenvalue weighted by Gasteiger charge is 2.09. The number of amides is 2. The molecule has 1 aromatic rings. The van der Waals surface area contributed by atoms with Crippen molar-refractivity contribution in [1.29, 1.82) is 0 Å². The van der Waals surface area contributed by atoms with Crippen molar-refractivity contribution in [3.05, 3.63) is 21.9 Å². The van der Waals surface area contributed by atoms with Gasteiger partial charge in [-0.1, -0.05) is 6.92 Å². The van der Waals surface area contributed by atoms with Crippen molar-refractivity contribution in [2.75, 3.05) is 7.11 Å². The Bertz CT molecular complexity index is 485. The number of urea groups is 1. The van der Waals surface area contributed by atoms with Crippen LogP contribution in [0.5, 0.6) is 0 Å². The fourth-order valence-electron chi connectivity index (χ4n) is 1.62. The summed E-state index contributed by atoms with van der Waals surface area (Å²) in [5.41, 5.74) is 7.04. The van der Waals surface area contributed by atoms with E-state index in [2.05, 4.69) is 15.3 Å². The molecule has 0 saturated carbocycles. The smallest absolute Gasteiger partial charge is 0.332 e. The average molecular weight is 297 g/mol. The van der Waals surface area contributed by atoms with Gasteiger partial charge in [0.1, 0.15) is 0 Å². The molecule has 0 aliphatic rings. The maximum atomic E-state index is 11.1. The van der Waals surface area contributed by atoms with Crippen molar-refractivity contribution in [3.8, 4) is 0 Å². The standard InChI is InChI=1S/C13H19N3O3S/c1-9(7-12(17)19-2)3-4-10-5-6-11(20-10)8-15-16-13(14)18/h5-6,8-9H,3-4,7H2,1-2H3,(H3,14,16,18)/b15-8-/t9-/m1/s1. The number of carbonyl (C=O) groups excluding carboxylic acids is 2. The third-order valence-corrected chi connectivity index (χ3v) is 3.75. The van der Waals surface area contributed by atoms with Gasteiger partial charge in [0.2, 0.25) is 0 Å². The number of methoxy groups -OCH3 is 1. The second-order valence-corrected chi connectivity index (χ2v) is 5.66. The molecule has 110 valence electrons. The van der Waals surface area contributed by atoms with Gasteiger partial charge in [-0.15, -0.1) is 11.3 Å². The van der Waals surface area contributed by atoms with Crippen LogP contribution in [0.15, 0.2) is 17.2 Å². The van der Waals surface area contributed by atoms with Crippen molar-refractivity contribution in [2.45, 2.75) is 26.2 Å². The summed E-state index contributed by atoms with van der Waals surface area (Å²) in [6.07, 6.45) is 3.82. The Labute approximate surface area is 122 Å². The van der Waals surface area contributed by atoms with E-state index in [0.717, 1.165) is 17.7 Å². The van der Waals surface area contributed by atoms with Gasteiger partial charge in [-0.25, -0.2) is 10.2 Å². The molecule has 1 atom stereocenters. The van der Waals surface area contributed by atoms with Gasteiger partial charge in [0.15, 0.2) is 0 Å². The Morgan fingerprint density at radius 3 is 2.95 bits per heavy atom. The van der Waals surface area contributed by atoms with Crippen LogP contribution in [0, 0.1) is 5.92 Å². The van der Waals surface area contributed by atoms with Gasteiger partial charge in [0.05, 0.1) is 13.3 Å². The van der Waals surface area contributed by atoms with Gasteiger partial charge in [0.25, 0.3) is 0 Å². The van der Waals surface area contributed by atoms with E-state index in [1.165, 1.54) is 12.0 Å². The van der Waals surface area contributed by atoms with Crippen molar-refractivity contribution in [1.82, 2.24) is 5.43 Å². The fraction of sp³-hybridized carbons (Fsp3) is 0.462. The number of primary amides is 1. The number of rotatable bonds is 7. The lowest BCUT2D eigenvalue weighted by Crippen LogP contribution is -2.24. The number of esters is 1. The molecule has 1 heterocycles. The third-order valence-electron chi connectivity index (χ3n) is 2.68. The summed E-state index contributed by atoms with van der Waals surface area (Å²) in [5, 5.41) is 3.70. The molecule has 0 saturated heterocycles. The monoisotopic (exact) mass is 297 g/mol. The Morgan fingerprint density at radius 1 is 1.55 bits per heavy atom. The minimum Gasteiger partial charge on any atom is -0.469 e. The maximum absolute atomic E-state index is 11.1. The number of nitrogens with zero attached hydrogens (tertiary/aromatic N) is 1. The molecule has 0 radical (unpaired) electrons. The molecule has 1 aromatic heterocycles. The molecule has 0 fully saturated rings. The molecule has 0 aliphatic heterocycles. The maximum Gasteiger partial charge on any atom is 0.332 e. The number of aryl methyl sites for hydroxylation is 1. The molecule has 0 bridgehead atoms. The molecule has 0 unspecified atom stereocenters. The van der Waals surface area contributed by atoms with Crippen molar-refractivity contribution in [2.24, 2.45) is 16.8 Å². The summed E-state index contributed by atoms with van der Waals surface area (Å²) in [6, 6.07) is 3.26. The predicted octanol–water partition coefficient (Wildman–Crippen LogP) is 1.88. The van der Waals surface area contributed by atoms with Crippen LogP contribution in [-0.4, -0.2) is 25.3 Å². The third kappa shape index (κ3) is 6.33. The Hall–Kier alpha value is -1.89. The lowest BCUT2D eigenvalue weighted by molar-refractivity contribution is -0.141. The van der Waals surface area contributed by atoms with Crippen LogP contribution in [0.4, 0.5) is 4.79 Å². The van der Waals surface area contributed by atoms with Crippen LogP contribution in [0.1, 0.15) is 29.5 Å². The predicted molar refractivity (Wildman–Crippen MR) is 78.8 cm³/mol. The zero-order valence-corrected chi connectivity index (χ0v) is 12.4. The Kier molecular flexibility index (Phi) is 6.72. The van der Waals surface area contributed by atoms with Gasteiger partial charge in [-0.3, -0.25) is 4.79 Å². The Morgan fingerprint density at radius 2 is 2.30 bits per heavy atom. The van der Waals surface area contributed by atoms with Gasteiger partial charge < -0.3 is 10.5 Å². The number of ether oxygens (including phenoxy) is 1. The van der Waals surface area contributed by atoms with Gasteiger partial charge in [-0.2, -0.15) is 5.10 Å². The van der Waals surface area contributed by atoms with E-state index in [1.807, 2.05) is 19.1 Å². The second kappa shape index (κ2) is 8.31. The molecule has 0 aliphatic carbocycles. The van der Waals surface area contributed by atoms with Crippen LogP contribution in [-0.2, 0) is 16.0 Å². The van der Waals surface area contributed by atoms with Crippen molar-refractivity contribution in [3.63, 3.8) is 0 Å². The first kappa shape index (κ1) is 16.2. The summed E-state index contributed by atoms with van der Waals surface area (Å²) < 4.78 is 4.64. The zero-order valence-electron chi connectivity index (χ0n) is 11.6. The van der Waals surface area contributed by atoms with E-state index < -0.39 is 6.03 Å². The van der Waals surface area contributed by atoms with E-state index in [0.29, 0.717) is 6.42 Å². The first-order valence-electron chi connectivity index (χ1n) is 6.25. The molecular weight excluding hydrogens is 278 g/mol. The molecule has 0 spiro atoms. The minimum atomic E-state index is -0.685. The minimum absolute atomic E-state index is 0.172. The highest BCUT2D eigenvalue weighted by Crippen LogP contribution is 2.19. The highest BCUT2D eigenvalue weighted by atomic mass is 32.1. The topological polar surface area (TPSA) is 93.8 Å². The summed E-state index contributed by atoms with van der Waals surface area (Å²) >= 11 is 1.59. The average Bonchev–Trinajstić information content (AvgIpc) is 2.83. The summed E-state index contributed by atoms with van der Waals surface area (Å²) in [7, 11) is 1.40. The summed E-state index contributed by atoms with van der Waals surface area (Å²) in [5.74, 6) is 0.118. The summed E-state index contributed by atoms with van der Waals surface area (Å²) in [6.45, 7) is 2.03. The summed E-state index contributed by atoms with van der Waals surface area (Å²) in [4.78, 5) is 23.7. The van der Waals surface area contributed by atoms with Gasteiger partial charge in [0, 0.05) is 16.2 Å². The SMILES string of the molecule is COC(=O)C[C@H](C)CCc1ccc(/C=N\NC(N)=O)s1. The zero-order chi connectivity index (χ0) is 15.0. The molecule has 3 N–H and O–H groups in total. The van der Waals surface area contributed by atoms with Crippen LogP contribution in [0.3, 0.4) is 0 Å². The molecule has 7 heteroatoms. The number of thiophene rings is 1. The van der Waals surface area contributed by atoms with Crippen molar-refractivity contribution < 1.29 is 14.3 Å². The molecule has 1 rings (SSSR count). The number of hydrazone groups is 1. The van der Waals surface area contributed by atoms with Crippen LogP contribution in [0.25, 0.3) is 0 Å². The number of hydrogen-bond donors (Lipinski definition) is 2. The first-order valence-corrected chi connectivity index (χ1v) is 7.07. The number of hydrogen-bond acceptors (Lipinski definition) is 5. The number of carbonyl (C=O) groups is 2. The molecule has 6 nitrogen and oxygen atoms in total. The van der Waals surface area contributed by atoms with Gasteiger partial charge in [-0.05, 0) is 30.9 Å². The van der Waals surface area contributed by atoms with E-state index in [4.69, 9.17) is 5.73 Å². The number of nitrogens with one attached hydrogen (secondary N) is 1. The van der Waals surface area contributed by atoms with Gasteiger partial charge >= 0.3 is 12.0 Å². The second-order valence-electron chi connectivity index (χ2n) is 4.46. The largest absolute Gasteiger partial charge is 0.469 e. The highest BCUT2D eigenvalue weighted by molar-refractivity contribution is 7.13. The van der Waals surface area contributed by atoms with Crippen LogP contribution >= 0.6 is 11.3 Å². The van der Waals surface area contributed by atoms with Crippen molar-refractivity contribution >= 4 is 29.6 Å². The molecular formula is C13H19N3O3S. The van der Waals surface area contributed by atoms with E-state index in [1.54, 1.807) is 17.6 Å². The fourth-order valence-corrected chi connectivity index (χ4v) is 2.52. The van der Waals surface area contributed by atoms with E-state index >= 15 is 0 Å². The van der Waals surface area contributed by atoms with Crippen LogP contribution in [0.2, 0.25) is 0 Å². The molecule has 20 heavy (non-hydrogen) atoms. The lowest BCUT2D eigenvalue weighted by Gasteiger charge is -2.08. The number of nitrogens with two attached hydrogens (primary N) is 1. The van der Waals surface area contributed by atoms with Crippen LogP contribution < -0.4 is 11.2 Å². The normalized spacial score (nSPS) is 12.3. The molecule has 2 amide bonds. The first-order chi connectivity index (χ1) is 9.51. The quantitative estimate of drug-likeness (QED) is 0.457. The lowest BCUT2D eigenvalue weighted by atomic mass is 10.0. The van der Waals surface area contributed by atoms with E-state index in [-0.39, 0.29) is 11.9 Å².